The molecular weight excluding hydrogens is 372 g/mol. The molecule has 2 aromatic rings. The molecule has 1 saturated heterocycles. The second kappa shape index (κ2) is 9.10. The van der Waals surface area contributed by atoms with Crippen molar-refractivity contribution in [1.82, 2.24) is 20.0 Å². The van der Waals surface area contributed by atoms with Gasteiger partial charge in [-0.1, -0.05) is 55.8 Å². The molecule has 1 aliphatic heterocycles. The second-order valence-corrected chi connectivity index (χ2v) is 8.79. The number of amides is 1. The van der Waals surface area contributed by atoms with Gasteiger partial charge in [0.05, 0.1) is 17.8 Å². The zero-order valence-electron chi connectivity index (χ0n) is 17.3. The fourth-order valence-corrected chi connectivity index (χ4v) is 4.66. The predicted octanol–water partition coefficient (Wildman–Crippen LogP) is 3.99. The minimum atomic E-state index is -0.146. The van der Waals surface area contributed by atoms with E-state index < -0.39 is 0 Å². The summed E-state index contributed by atoms with van der Waals surface area (Å²) in [5, 5.41) is 7.99. The minimum Gasteiger partial charge on any atom is -0.348 e. The normalized spacial score (nSPS) is 21.5. The van der Waals surface area contributed by atoms with E-state index in [1.54, 1.807) is 4.68 Å². The number of rotatable bonds is 6. The number of hydrogen-bond donors (Lipinski definition) is 1. The lowest BCUT2D eigenvalue weighted by Gasteiger charge is -2.36. The van der Waals surface area contributed by atoms with Crippen LogP contribution in [-0.2, 0) is 6.54 Å². The van der Waals surface area contributed by atoms with E-state index >= 15 is 0 Å². The van der Waals surface area contributed by atoms with Gasteiger partial charge in [-0.3, -0.25) is 4.79 Å². The van der Waals surface area contributed by atoms with Gasteiger partial charge in [0.2, 0.25) is 0 Å². The van der Waals surface area contributed by atoms with Crippen LogP contribution in [0, 0.1) is 18.8 Å². The van der Waals surface area contributed by atoms with Gasteiger partial charge in [0.25, 0.3) is 5.91 Å². The lowest BCUT2D eigenvalue weighted by atomic mass is 9.92. The van der Waals surface area contributed by atoms with E-state index in [1.165, 1.54) is 6.42 Å². The van der Waals surface area contributed by atoms with Crippen molar-refractivity contribution in [2.75, 3.05) is 19.6 Å². The van der Waals surface area contributed by atoms with Crippen molar-refractivity contribution in [3.63, 3.8) is 0 Å². The molecular formula is C22H31ClN4O. The van der Waals surface area contributed by atoms with Crippen molar-refractivity contribution in [2.45, 2.75) is 46.7 Å². The number of nitrogens with one attached hydrogen (secondary N) is 1. The van der Waals surface area contributed by atoms with Crippen molar-refractivity contribution in [3.8, 4) is 0 Å². The third-order valence-electron chi connectivity index (χ3n) is 5.32. The first-order valence-corrected chi connectivity index (χ1v) is 10.5. The van der Waals surface area contributed by atoms with Gasteiger partial charge in [-0.25, -0.2) is 4.68 Å². The Kier molecular flexibility index (Phi) is 6.78. The van der Waals surface area contributed by atoms with Crippen LogP contribution >= 0.6 is 11.6 Å². The molecule has 152 valence electrons. The lowest BCUT2D eigenvalue weighted by molar-refractivity contribution is 0.0904. The quantitative estimate of drug-likeness (QED) is 0.794. The van der Waals surface area contributed by atoms with Crippen LogP contribution in [0.25, 0.3) is 0 Å². The molecule has 5 nitrogen and oxygen atoms in total. The monoisotopic (exact) mass is 402 g/mol. The molecule has 1 aromatic carbocycles. The maximum absolute atomic E-state index is 12.9. The fourth-order valence-electron chi connectivity index (χ4n) is 4.34. The van der Waals surface area contributed by atoms with Gasteiger partial charge < -0.3 is 10.2 Å². The van der Waals surface area contributed by atoms with Crippen molar-refractivity contribution in [3.05, 3.63) is 52.3 Å². The predicted molar refractivity (Wildman–Crippen MR) is 114 cm³/mol. The third-order valence-corrected chi connectivity index (χ3v) is 5.71. The molecule has 0 spiro atoms. The summed E-state index contributed by atoms with van der Waals surface area (Å²) in [5.74, 6) is 1.27. The SMILES string of the molecule is Cc1nn(Cc2ccccc2)c(Cl)c1C(=O)NC(C)CN1CC(C)CC(C)C1. The maximum Gasteiger partial charge on any atom is 0.256 e. The first kappa shape index (κ1) is 20.9. The Morgan fingerprint density at radius 3 is 2.54 bits per heavy atom. The second-order valence-electron chi connectivity index (χ2n) is 8.43. The molecule has 1 fully saturated rings. The molecule has 1 aromatic heterocycles. The Labute approximate surface area is 173 Å². The minimum absolute atomic E-state index is 0.0536. The summed E-state index contributed by atoms with van der Waals surface area (Å²) in [4.78, 5) is 15.3. The molecule has 1 aliphatic rings. The molecule has 1 amide bonds. The smallest absolute Gasteiger partial charge is 0.256 e. The highest BCUT2D eigenvalue weighted by molar-refractivity contribution is 6.33. The van der Waals surface area contributed by atoms with E-state index in [0.29, 0.717) is 34.8 Å². The lowest BCUT2D eigenvalue weighted by Crippen LogP contribution is -2.47. The zero-order chi connectivity index (χ0) is 20.3. The van der Waals surface area contributed by atoms with Crippen LogP contribution in [0.2, 0.25) is 5.15 Å². The maximum atomic E-state index is 12.9. The van der Waals surface area contributed by atoms with Gasteiger partial charge in [-0.15, -0.1) is 0 Å². The summed E-state index contributed by atoms with van der Waals surface area (Å²) in [6, 6.07) is 10.0. The molecule has 3 unspecified atom stereocenters. The Balaban J connectivity index is 1.64. The van der Waals surface area contributed by atoms with Crippen molar-refractivity contribution < 1.29 is 4.79 Å². The van der Waals surface area contributed by atoms with Gasteiger partial charge in [0, 0.05) is 25.7 Å². The molecule has 3 atom stereocenters. The summed E-state index contributed by atoms with van der Waals surface area (Å²) in [7, 11) is 0. The molecule has 0 saturated carbocycles. The van der Waals surface area contributed by atoms with E-state index in [2.05, 4.69) is 36.1 Å². The van der Waals surface area contributed by atoms with Crippen LogP contribution in [-0.4, -0.2) is 46.3 Å². The number of halogens is 1. The molecule has 0 aliphatic carbocycles. The van der Waals surface area contributed by atoms with E-state index in [0.717, 1.165) is 25.2 Å². The molecule has 3 rings (SSSR count). The third kappa shape index (κ3) is 5.15. The van der Waals surface area contributed by atoms with Crippen LogP contribution in [0.3, 0.4) is 0 Å². The number of hydrogen-bond acceptors (Lipinski definition) is 3. The number of aryl methyl sites for hydroxylation is 1. The molecule has 1 N–H and O–H groups in total. The topological polar surface area (TPSA) is 50.2 Å². The summed E-state index contributed by atoms with van der Waals surface area (Å²) >= 11 is 6.52. The van der Waals surface area contributed by atoms with E-state index in [-0.39, 0.29) is 11.9 Å². The molecule has 6 heteroatoms. The van der Waals surface area contributed by atoms with Gasteiger partial charge >= 0.3 is 0 Å². The first-order chi connectivity index (χ1) is 13.3. The largest absolute Gasteiger partial charge is 0.348 e. The van der Waals surface area contributed by atoms with Gasteiger partial charge in [-0.05, 0) is 37.7 Å². The van der Waals surface area contributed by atoms with Crippen LogP contribution < -0.4 is 5.32 Å². The number of aromatic nitrogens is 2. The number of carbonyl (C=O) groups excluding carboxylic acids is 1. The summed E-state index contributed by atoms with van der Waals surface area (Å²) in [6.45, 7) is 12.1. The molecule has 0 radical (unpaired) electrons. The highest BCUT2D eigenvalue weighted by Gasteiger charge is 2.25. The van der Waals surface area contributed by atoms with Crippen LogP contribution in [0.4, 0.5) is 0 Å². The van der Waals surface area contributed by atoms with Crippen LogP contribution in [0.1, 0.15) is 48.8 Å². The molecule has 0 bridgehead atoms. The summed E-state index contributed by atoms with van der Waals surface area (Å²) < 4.78 is 1.69. The van der Waals surface area contributed by atoms with Crippen LogP contribution in [0.15, 0.2) is 30.3 Å². The Morgan fingerprint density at radius 2 is 1.89 bits per heavy atom. The van der Waals surface area contributed by atoms with Crippen molar-refractivity contribution >= 4 is 17.5 Å². The Morgan fingerprint density at radius 1 is 1.25 bits per heavy atom. The average Bonchev–Trinajstić information content (AvgIpc) is 2.88. The van der Waals surface area contributed by atoms with E-state index in [9.17, 15) is 4.79 Å². The van der Waals surface area contributed by atoms with Gasteiger partial charge in [0.1, 0.15) is 5.15 Å². The van der Waals surface area contributed by atoms with Gasteiger partial charge in [0.15, 0.2) is 0 Å². The summed E-state index contributed by atoms with van der Waals surface area (Å²) in [6.07, 6.45) is 1.28. The van der Waals surface area contributed by atoms with Crippen LogP contribution in [0.5, 0.6) is 0 Å². The van der Waals surface area contributed by atoms with Gasteiger partial charge in [-0.2, -0.15) is 5.10 Å². The highest BCUT2D eigenvalue weighted by Crippen LogP contribution is 2.22. The Hall–Kier alpha value is -1.85. The number of benzene rings is 1. The summed E-state index contributed by atoms with van der Waals surface area (Å²) in [5.41, 5.74) is 2.23. The number of piperidine rings is 1. The molecule has 2 heterocycles. The number of carbonyl (C=O) groups is 1. The van der Waals surface area contributed by atoms with Crippen molar-refractivity contribution in [2.24, 2.45) is 11.8 Å². The van der Waals surface area contributed by atoms with Crippen molar-refractivity contribution in [1.29, 1.82) is 0 Å². The first-order valence-electron chi connectivity index (χ1n) is 10.1. The average molecular weight is 403 g/mol. The Bertz CT molecular complexity index is 794. The number of nitrogens with zero attached hydrogens (tertiary/aromatic N) is 3. The van der Waals surface area contributed by atoms with E-state index in [1.807, 2.05) is 37.3 Å². The highest BCUT2D eigenvalue weighted by atomic mass is 35.5. The van der Waals surface area contributed by atoms with E-state index in [4.69, 9.17) is 11.6 Å². The standard InChI is InChI=1S/C22H31ClN4O/c1-15-10-16(2)12-26(11-15)13-17(3)24-22(28)20-18(4)25-27(21(20)23)14-19-8-6-5-7-9-19/h5-9,15-17H,10-14H2,1-4H3,(H,24,28). The zero-order valence-corrected chi connectivity index (χ0v) is 18.0. The number of likely N-dealkylation sites (tertiary alicyclic amines) is 1. The fraction of sp³-hybridized carbons (Fsp3) is 0.545. The molecule has 28 heavy (non-hydrogen) atoms.